The second kappa shape index (κ2) is 11.7. The van der Waals surface area contributed by atoms with Crippen molar-refractivity contribution >= 4 is 21.7 Å². The average Bonchev–Trinajstić information content (AvgIpc) is 3.93. The third-order valence-electron chi connectivity index (χ3n) is 9.19. The smallest absolute Gasteiger partial charge is 0.268 e. The van der Waals surface area contributed by atoms with Crippen LogP contribution in [0.1, 0.15) is 54.6 Å². The van der Waals surface area contributed by atoms with E-state index in [0.29, 0.717) is 41.9 Å². The van der Waals surface area contributed by atoms with Crippen LogP contribution in [0.25, 0.3) is 11.1 Å². The van der Waals surface area contributed by atoms with Gasteiger partial charge in [-0.1, -0.05) is 41.6 Å². The predicted octanol–water partition coefficient (Wildman–Crippen LogP) is 4.44. The monoisotopic (exact) mass is 608 g/mol. The normalized spacial score (nSPS) is 22.8. The minimum Gasteiger partial charge on any atom is -0.374 e. The van der Waals surface area contributed by atoms with Crippen molar-refractivity contribution in [1.29, 1.82) is 0 Å². The van der Waals surface area contributed by atoms with Gasteiger partial charge in [0.05, 0.1) is 23.1 Å². The topological polar surface area (TPSA) is 123 Å². The summed E-state index contributed by atoms with van der Waals surface area (Å²) in [6.07, 6.45) is 5.27. The second-order valence-corrected chi connectivity index (χ2v) is 14.0. The van der Waals surface area contributed by atoms with Gasteiger partial charge in [-0.25, -0.2) is 12.7 Å². The fourth-order valence-corrected chi connectivity index (χ4v) is 7.84. The number of ether oxygens (including phenoxy) is 2. The number of carbonyl (C=O) groups excluding carboxylic acids is 1. The molecule has 2 atom stereocenters. The highest BCUT2D eigenvalue weighted by molar-refractivity contribution is 7.93. The lowest BCUT2D eigenvalue weighted by atomic mass is 9.92. The van der Waals surface area contributed by atoms with Gasteiger partial charge >= 0.3 is 0 Å². The van der Waals surface area contributed by atoms with E-state index in [2.05, 4.69) is 15.8 Å². The molecule has 0 aliphatic heterocycles. The van der Waals surface area contributed by atoms with Crippen LogP contribution in [0, 0.1) is 25.7 Å². The van der Waals surface area contributed by atoms with E-state index < -0.39 is 15.6 Å². The molecule has 230 valence electrons. The number of aryl methyl sites for hydroxylation is 1. The molecule has 0 bridgehead atoms. The minimum atomic E-state index is -4.11. The molecule has 3 fully saturated rings. The van der Waals surface area contributed by atoms with E-state index in [4.69, 9.17) is 14.0 Å². The van der Waals surface area contributed by atoms with Gasteiger partial charge in [0.25, 0.3) is 10.0 Å². The van der Waals surface area contributed by atoms with Crippen LogP contribution < -0.4 is 14.9 Å². The number of sulfonamides is 1. The van der Waals surface area contributed by atoms with E-state index >= 15 is 0 Å². The van der Waals surface area contributed by atoms with Crippen molar-refractivity contribution in [3.05, 3.63) is 64.9 Å². The fourth-order valence-electron chi connectivity index (χ4n) is 6.26. The summed E-state index contributed by atoms with van der Waals surface area (Å²) in [5.74, 6) is 2.09. The Morgan fingerprint density at radius 1 is 1.12 bits per heavy atom. The van der Waals surface area contributed by atoms with E-state index in [1.807, 2.05) is 31.3 Å². The maximum absolute atomic E-state index is 14.2. The first-order chi connectivity index (χ1) is 20.7. The Balaban J connectivity index is 1.31. The van der Waals surface area contributed by atoms with Gasteiger partial charge in [-0.3, -0.25) is 4.79 Å². The lowest BCUT2D eigenvalue weighted by molar-refractivity contribution is -0.127. The summed E-state index contributed by atoms with van der Waals surface area (Å²) in [6.45, 7) is 3.99. The van der Waals surface area contributed by atoms with E-state index in [0.717, 1.165) is 46.7 Å². The van der Waals surface area contributed by atoms with Gasteiger partial charge in [0.15, 0.2) is 5.82 Å². The number of likely N-dealkylation sites (N-methyl/N-ethyl adjacent to an activating group) is 1. The van der Waals surface area contributed by atoms with Crippen molar-refractivity contribution in [1.82, 2.24) is 15.8 Å². The Labute approximate surface area is 253 Å². The zero-order valence-corrected chi connectivity index (χ0v) is 26.0. The summed E-state index contributed by atoms with van der Waals surface area (Å²) in [5, 5.41) is 10.5. The molecule has 3 aromatic rings. The maximum atomic E-state index is 14.2. The first-order valence-corrected chi connectivity index (χ1v) is 16.4. The maximum Gasteiger partial charge on any atom is 0.268 e. The quantitative estimate of drug-likeness (QED) is 0.273. The summed E-state index contributed by atoms with van der Waals surface area (Å²) in [7, 11) is -0.799. The van der Waals surface area contributed by atoms with Crippen molar-refractivity contribution in [2.45, 2.75) is 75.6 Å². The molecule has 3 saturated carbocycles. The number of hydrogen-bond acceptors (Lipinski definition) is 8. The highest BCUT2D eigenvalue weighted by Gasteiger charge is 2.56. The van der Waals surface area contributed by atoms with Crippen molar-refractivity contribution in [2.75, 3.05) is 25.2 Å². The van der Waals surface area contributed by atoms with Gasteiger partial charge in [-0.05, 0) is 87.6 Å². The van der Waals surface area contributed by atoms with Gasteiger partial charge in [0.2, 0.25) is 5.91 Å². The predicted molar refractivity (Wildman–Crippen MR) is 162 cm³/mol. The van der Waals surface area contributed by atoms with E-state index in [9.17, 15) is 13.2 Å². The highest BCUT2D eigenvalue weighted by Crippen LogP contribution is 2.56. The molecule has 11 heteroatoms. The molecule has 1 amide bonds. The standard InChI is InChI=1S/C32H40N4O6S/c1-20-21(2)42-35-30(20)36(19-40-4)43(38,39)29-8-6-5-7-28(29)27-12-9-22(13-25(27)18-41-26-10-11-26)17-34-31(37)32(33-3)15-23-14-24(23)16-32/h5-9,12-13,23-24,26,33H,10-11,14-19H2,1-4H3,(H,34,37). The van der Waals surface area contributed by atoms with Crippen LogP contribution in [-0.2, 0) is 37.4 Å². The number of rotatable bonds is 13. The van der Waals surface area contributed by atoms with Crippen LogP contribution in [0.4, 0.5) is 5.82 Å². The molecule has 2 aromatic carbocycles. The number of carbonyl (C=O) groups is 1. The second-order valence-electron chi connectivity index (χ2n) is 12.1. The summed E-state index contributed by atoms with van der Waals surface area (Å²) in [5.41, 5.74) is 3.22. The molecule has 2 N–H and O–H groups in total. The third-order valence-corrected chi connectivity index (χ3v) is 11.0. The van der Waals surface area contributed by atoms with Crippen molar-refractivity contribution < 1.29 is 27.2 Å². The van der Waals surface area contributed by atoms with Gasteiger partial charge in [0, 0.05) is 24.8 Å². The van der Waals surface area contributed by atoms with Crippen LogP contribution in [0.3, 0.4) is 0 Å². The minimum absolute atomic E-state index is 0.0371. The highest BCUT2D eigenvalue weighted by atomic mass is 32.2. The summed E-state index contributed by atoms with van der Waals surface area (Å²) in [6, 6.07) is 12.8. The number of anilines is 1. The van der Waals surface area contributed by atoms with Crippen LogP contribution in [0.5, 0.6) is 0 Å². The van der Waals surface area contributed by atoms with Crippen LogP contribution in [0.2, 0.25) is 0 Å². The number of nitrogens with one attached hydrogen (secondary N) is 2. The first-order valence-electron chi connectivity index (χ1n) is 14.9. The molecule has 3 aliphatic rings. The van der Waals surface area contributed by atoms with Crippen LogP contribution in [0.15, 0.2) is 51.9 Å². The van der Waals surface area contributed by atoms with Gasteiger partial charge in [-0.15, -0.1) is 0 Å². The average molecular weight is 609 g/mol. The van der Waals surface area contributed by atoms with Gasteiger partial charge in [-0.2, -0.15) is 0 Å². The van der Waals surface area contributed by atoms with Crippen molar-refractivity contribution in [3.63, 3.8) is 0 Å². The third kappa shape index (κ3) is 5.83. The number of benzene rings is 2. The molecule has 0 radical (unpaired) electrons. The zero-order valence-electron chi connectivity index (χ0n) is 25.2. The van der Waals surface area contributed by atoms with Crippen molar-refractivity contribution in [2.24, 2.45) is 11.8 Å². The number of aromatic nitrogens is 1. The van der Waals surface area contributed by atoms with E-state index in [-0.39, 0.29) is 29.5 Å². The van der Waals surface area contributed by atoms with E-state index in [1.54, 1.807) is 32.0 Å². The molecular formula is C32H40N4O6S. The number of fused-ring (bicyclic) bond motifs is 1. The van der Waals surface area contributed by atoms with Crippen molar-refractivity contribution in [3.8, 4) is 11.1 Å². The lowest BCUT2D eigenvalue weighted by Crippen LogP contribution is -2.54. The molecule has 6 rings (SSSR count). The van der Waals surface area contributed by atoms with Gasteiger partial charge in [0.1, 0.15) is 12.5 Å². The zero-order chi connectivity index (χ0) is 30.4. The SMILES string of the molecule is CNC1(C(=O)NCc2ccc(-c3ccccc3S(=O)(=O)N(COC)c3noc(C)c3C)c(COC3CC3)c2)CC2CC2C1. The molecule has 0 spiro atoms. The number of methoxy groups -OCH3 is 1. The Morgan fingerprint density at radius 2 is 1.86 bits per heavy atom. The summed E-state index contributed by atoms with van der Waals surface area (Å²) >= 11 is 0. The van der Waals surface area contributed by atoms with Crippen LogP contribution >= 0.6 is 0 Å². The van der Waals surface area contributed by atoms with Gasteiger partial charge < -0.3 is 24.6 Å². The summed E-state index contributed by atoms with van der Waals surface area (Å²) in [4.78, 5) is 13.4. The number of amides is 1. The Hall–Kier alpha value is -3.25. The molecule has 3 aliphatic carbocycles. The van der Waals surface area contributed by atoms with Crippen LogP contribution in [-0.4, -0.2) is 52.0 Å². The molecule has 10 nitrogen and oxygen atoms in total. The first kappa shape index (κ1) is 29.8. The Kier molecular flexibility index (Phi) is 8.10. The fraction of sp³-hybridized carbons (Fsp3) is 0.500. The number of nitrogens with zero attached hydrogens (tertiary/aromatic N) is 2. The molecular weight excluding hydrogens is 568 g/mol. The molecule has 1 aromatic heterocycles. The molecule has 43 heavy (non-hydrogen) atoms. The Bertz CT molecular complexity index is 1610. The molecule has 1 heterocycles. The molecule has 2 unspecified atom stereocenters. The Morgan fingerprint density at radius 3 is 2.51 bits per heavy atom. The van der Waals surface area contributed by atoms with E-state index in [1.165, 1.54) is 13.5 Å². The largest absolute Gasteiger partial charge is 0.374 e. The molecule has 0 saturated heterocycles. The summed E-state index contributed by atoms with van der Waals surface area (Å²) < 4.78 is 46.2. The number of hydrogen-bond donors (Lipinski definition) is 2. The lowest BCUT2D eigenvalue weighted by Gasteiger charge is -2.29.